The molecule has 0 unspecified atom stereocenters. The minimum atomic E-state index is -0.564. The Balaban J connectivity index is 2.20. The van der Waals surface area contributed by atoms with Crippen LogP contribution < -0.4 is 11.2 Å². The molecule has 3 N–H and O–H groups in total. The zero-order valence-corrected chi connectivity index (χ0v) is 15.3. The van der Waals surface area contributed by atoms with Gasteiger partial charge in [0.15, 0.2) is 0 Å². The van der Waals surface area contributed by atoms with E-state index in [9.17, 15) is 19.5 Å². The highest BCUT2D eigenvalue weighted by Gasteiger charge is 2.29. The average Bonchev–Trinajstić information content (AvgIpc) is 2.66. The number of carbonyl (C=O) groups is 1. The van der Waals surface area contributed by atoms with E-state index in [-0.39, 0.29) is 17.9 Å². The second-order valence-electron chi connectivity index (χ2n) is 6.59. The Hall–Kier alpha value is -2.67. The third-order valence-electron chi connectivity index (χ3n) is 5.02. The van der Waals surface area contributed by atoms with Gasteiger partial charge in [0.1, 0.15) is 0 Å². The summed E-state index contributed by atoms with van der Waals surface area (Å²) in [5.41, 5.74) is 0.0842. The summed E-state index contributed by atoms with van der Waals surface area (Å²) in [6, 6.07) is 6.64. The first-order chi connectivity index (χ1) is 12.4. The van der Waals surface area contributed by atoms with Gasteiger partial charge < -0.3 is 15.0 Å². The fraction of sp³-hybridized carbons (Fsp3) is 0.421. The summed E-state index contributed by atoms with van der Waals surface area (Å²) in [6.07, 6.45) is 2.92. The molecule has 0 saturated heterocycles. The van der Waals surface area contributed by atoms with Gasteiger partial charge in [-0.15, -0.1) is 0 Å². The lowest BCUT2D eigenvalue weighted by Crippen LogP contribution is -2.40. The number of nitrogens with zero attached hydrogens (tertiary/aromatic N) is 1. The normalized spacial score (nSPS) is 11.4. The topological polar surface area (TPSA) is 106 Å². The van der Waals surface area contributed by atoms with Crippen molar-refractivity contribution in [3.8, 4) is 11.1 Å². The molecule has 0 aliphatic heterocycles. The predicted octanol–water partition coefficient (Wildman–Crippen LogP) is 1.60. The van der Waals surface area contributed by atoms with Crippen LogP contribution in [0.4, 0.5) is 0 Å². The maximum Gasteiger partial charge on any atom is 0.325 e. The van der Waals surface area contributed by atoms with Gasteiger partial charge in [-0.2, -0.15) is 0 Å². The van der Waals surface area contributed by atoms with Crippen LogP contribution in [0.25, 0.3) is 11.1 Å². The van der Waals surface area contributed by atoms with E-state index in [0.717, 1.165) is 12.8 Å². The maximum absolute atomic E-state index is 12.7. The number of rotatable bonds is 7. The molecule has 0 aliphatic carbocycles. The van der Waals surface area contributed by atoms with Gasteiger partial charge in [0.25, 0.3) is 11.5 Å². The summed E-state index contributed by atoms with van der Waals surface area (Å²) in [6.45, 7) is 4.52. The summed E-state index contributed by atoms with van der Waals surface area (Å²) in [5.74, 6) is -0.147. The predicted molar refractivity (Wildman–Crippen MR) is 100 cm³/mol. The number of nitrogens with one attached hydrogen (secondary N) is 2. The van der Waals surface area contributed by atoms with Gasteiger partial charge in [0, 0.05) is 30.8 Å². The SMILES string of the molecule is CCC(CC)(CO)CN(C)C(=O)c1ccc(-c2c[nH]c(=O)[nH]c2=O)cc1. The Labute approximate surface area is 151 Å². The molecule has 1 heterocycles. The number of aliphatic hydroxyl groups is 1. The number of amides is 1. The Bertz CT molecular complexity index is 855. The molecular weight excluding hydrogens is 334 g/mol. The molecule has 0 bridgehead atoms. The van der Waals surface area contributed by atoms with E-state index >= 15 is 0 Å². The minimum Gasteiger partial charge on any atom is -0.396 e. The van der Waals surface area contributed by atoms with E-state index in [1.54, 1.807) is 36.2 Å². The van der Waals surface area contributed by atoms with Gasteiger partial charge in [-0.3, -0.25) is 14.6 Å². The Morgan fingerprint density at radius 3 is 2.27 bits per heavy atom. The van der Waals surface area contributed by atoms with Crippen LogP contribution in [-0.2, 0) is 0 Å². The van der Waals surface area contributed by atoms with E-state index in [4.69, 9.17) is 0 Å². The van der Waals surface area contributed by atoms with E-state index in [2.05, 4.69) is 9.97 Å². The molecule has 1 aromatic carbocycles. The Morgan fingerprint density at radius 2 is 1.77 bits per heavy atom. The van der Waals surface area contributed by atoms with Crippen molar-refractivity contribution in [3.05, 3.63) is 56.9 Å². The number of hydrogen-bond donors (Lipinski definition) is 3. The van der Waals surface area contributed by atoms with Crippen molar-refractivity contribution < 1.29 is 9.90 Å². The van der Waals surface area contributed by atoms with Crippen LogP contribution in [0.3, 0.4) is 0 Å². The van der Waals surface area contributed by atoms with Crippen molar-refractivity contribution in [1.29, 1.82) is 0 Å². The number of benzene rings is 1. The highest BCUT2D eigenvalue weighted by molar-refractivity contribution is 5.94. The summed E-state index contributed by atoms with van der Waals surface area (Å²) in [7, 11) is 1.72. The van der Waals surface area contributed by atoms with Crippen LogP contribution >= 0.6 is 0 Å². The first-order valence-electron chi connectivity index (χ1n) is 8.64. The van der Waals surface area contributed by atoms with Crippen LogP contribution in [0.5, 0.6) is 0 Å². The third-order valence-corrected chi connectivity index (χ3v) is 5.02. The largest absolute Gasteiger partial charge is 0.396 e. The molecule has 0 fully saturated rings. The number of aromatic amines is 2. The van der Waals surface area contributed by atoms with Gasteiger partial charge in [-0.1, -0.05) is 26.0 Å². The Kier molecular flexibility index (Phi) is 6.15. The molecule has 1 aromatic heterocycles. The van der Waals surface area contributed by atoms with E-state index in [1.165, 1.54) is 6.20 Å². The second-order valence-corrected chi connectivity index (χ2v) is 6.59. The van der Waals surface area contributed by atoms with Gasteiger partial charge in [-0.25, -0.2) is 4.79 Å². The average molecular weight is 359 g/mol. The molecule has 1 amide bonds. The number of aromatic nitrogens is 2. The van der Waals surface area contributed by atoms with Crippen LogP contribution in [0, 0.1) is 5.41 Å². The molecule has 0 atom stereocenters. The highest BCUT2D eigenvalue weighted by Crippen LogP contribution is 2.27. The molecule has 0 spiro atoms. The van der Waals surface area contributed by atoms with E-state index in [1.807, 2.05) is 13.8 Å². The summed E-state index contributed by atoms with van der Waals surface area (Å²) < 4.78 is 0. The van der Waals surface area contributed by atoms with Crippen molar-refractivity contribution in [2.24, 2.45) is 5.41 Å². The van der Waals surface area contributed by atoms with Crippen molar-refractivity contribution >= 4 is 5.91 Å². The van der Waals surface area contributed by atoms with Crippen LogP contribution in [0.2, 0.25) is 0 Å². The molecule has 0 aliphatic rings. The Morgan fingerprint density at radius 1 is 1.15 bits per heavy atom. The van der Waals surface area contributed by atoms with Crippen LogP contribution in [0.15, 0.2) is 40.1 Å². The number of aliphatic hydroxyl groups excluding tert-OH is 1. The van der Waals surface area contributed by atoms with Crippen molar-refractivity contribution in [2.75, 3.05) is 20.2 Å². The van der Waals surface area contributed by atoms with Gasteiger partial charge in [0.05, 0.1) is 12.2 Å². The highest BCUT2D eigenvalue weighted by atomic mass is 16.3. The fourth-order valence-electron chi connectivity index (χ4n) is 2.96. The fourth-order valence-corrected chi connectivity index (χ4v) is 2.96. The zero-order valence-electron chi connectivity index (χ0n) is 15.3. The molecule has 0 saturated carbocycles. The quantitative estimate of drug-likeness (QED) is 0.698. The molecule has 7 nitrogen and oxygen atoms in total. The lowest BCUT2D eigenvalue weighted by molar-refractivity contribution is 0.0545. The lowest BCUT2D eigenvalue weighted by atomic mass is 9.82. The summed E-state index contributed by atoms with van der Waals surface area (Å²) in [5, 5.41) is 9.69. The van der Waals surface area contributed by atoms with Crippen molar-refractivity contribution in [3.63, 3.8) is 0 Å². The van der Waals surface area contributed by atoms with Gasteiger partial charge in [-0.05, 0) is 30.5 Å². The first-order valence-corrected chi connectivity index (χ1v) is 8.64. The third kappa shape index (κ3) is 4.11. The molecule has 140 valence electrons. The number of carbonyl (C=O) groups excluding carboxylic acids is 1. The standard InChI is InChI=1S/C19H25N3O4/c1-4-19(5-2,12-23)11-22(3)17(25)14-8-6-13(7-9-14)15-10-20-18(26)21-16(15)24/h6-10,23H,4-5,11-12H2,1-3H3,(H2,20,21,24,26). The van der Waals surface area contributed by atoms with Gasteiger partial charge >= 0.3 is 5.69 Å². The molecular formula is C19H25N3O4. The summed E-state index contributed by atoms with van der Waals surface area (Å²) in [4.78, 5) is 41.8. The van der Waals surface area contributed by atoms with E-state index < -0.39 is 11.2 Å². The van der Waals surface area contributed by atoms with E-state index in [0.29, 0.717) is 23.2 Å². The smallest absolute Gasteiger partial charge is 0.325 e. The monoisotopic (exact) mass is 359 g/mol. The maximum atomic E-state index is 12.7. The van der Waals surface area contributed by atoms with Crippen molar-refractivity contribution in [1.82, 2.24) is 14.9 Å². The number of hydrogen-bond acceptors (Lipinski definition) is 4. The molecule has 2 aromatic rings. The lowest BCUT2D eigenvalue weighted by Gasteiger charge is -2.34. The molecule has 0 radical (unpaired) electrons. The minimum absolute atomic E-state index is 0.0333. The van der Waals surface area contributed by atoms with Crippen LogP contribution in [-0.4, -0.2) is 46.1 Å². The first kappa shape index (κ1) is 19.7. The molecule has 2 rings (SSSR count). The van der Waals surface area contributed by atoms with Crippen molar-refractivity contribution in [2.45, 2.75) is 26.7 Å². The molecule has 7 heteroatoms. The second kappa shape index (κ2) is 8.14. The van der Waals surface area contributed by atoms with Gasteiger partial charge in [0.2, 0.25) is 0 Å². The van der Waals surface area contributed by atoms with Crippen LogP contribution in [0.1, 0.15) is 37.0 Å². The summed E-state index contributed by atoms with van der Waals surface area (Å²) >= 11 is 0. The number of H-pyrrole nitrogens is 2. The molecule has 26 heavy (non-hydrogen) atoms. The zero-order chi connectivity index (χ0) is 19.3.